The van der Waals surface area contributed by atoms with Gasteiger partial charge in [0.25, 0.3) is 0 Å². The molecule has 37 heavy (non-hydrogen) atoms. The molecule has 0 aliphatic carbocycles. The molecule has 1 aromatic heterocycles. The number of ether oxygens (including phenoxy) is 1. The lowest BCUT2D eigenvalue weighted by Gasteiger charge is -2.33. The van der Waals surface area contributed by atoms with Gasteiger partial charge in [0.05, 0.1) is 18.3 Å². The second-order valence-electron chi connectivity index (χ2n) is 8.86. The van der Waals surface area contributed by atoms with Gasteiger partial charge in [0, 0.05) is 43.6 Å². The van der Waals surface area contributed by atoms with Crippen LogP contribution in [0.3, 0.4) is 0 Å². The van der Waals surface area contributed by atoms with E-state index in [-0.39, 0.29) is 12.5 Å². The normalized spacial score (nSPS) is 21.2. The number of urea groups is 1. The third kappa shape index (κ3) is 5.69. The number of hydrogen-bond donors (Lipinski definition) is 3. The molecule has 0 bridgehead atoms. The van der Waals surface area contributed by atoms with Crippen molar-refractivity contribution in [3.63, 3.8) is 0 Å². The van der Waals surface area contributed by atoms with Crippen LogP contribution < -0.4 is 20.7 Å². The first-order valence-corrected chi connectivity index (χ1v) is 13.8. The summed E-state index contributed by atoms with van der Waals surface area (Å²) in [5, 5.41) is 8.47. The van der Waals surface area contributed by atoms with Gasteiger partial charge in [0.2, 0.25) is 15.9 Å². The van der Waals surface area contributed by atoms with Gasteiger partial charge in [-0.25, -0.2) is 18.2 Å². The Morgan fingerprint density at radius 2 is 1.89 bits per heavy atom. The van der Waals surface area contributed by atoms with Crippen molar-refractivity contribution in [2.45, 2.75) is 23.8 Å². The predicted octanol–water partition coefficient (Wildman–Crippen LogP) is 3.01. The minimum atomic E-state index is -3.77. The van der Waals surface area contributed by atoms with Gasteiger partial charge in [-0.15, -0.1) is 0 Å². The molecule has 12 heteroatoms. The topological polar surface area (TPSA) is 126 Å². The fraction of sp³-hybridized carbons (Fsp3) is 0.320. The summed E-state index contributed by atoms with van der Waals surface area (Å²) in [6.45, 7) is 1.92. The maximum absolute atomic E-state index is 13.9. The number of halogens is 1. The van der Waals surface area contributed by atoms with E-state index in [9.17, 15) is 13.2 Å². The molecule has 3 atom stereocenters. The van der Waals surface area contributed by atoms with Gasteiger partial charge < -0.3 is 20.7 Å². The molecule has 2 aromatic carbocycles. The number of carbonyl (C=O) groups is 1. The van der Waals surface area contributed by atoms with Crippen LogP contribution in [-0.4, -0.2) is 60.9 Å². The SMILES string of the molecule is O=C1NC(CC(c2ccccc2Cl)S(=O)(=O)N2CCNCC2)C(c2cccc(Oc3cnccn3)c2)N1. The van der Waals surface area contributed by atoms with Gasteiger partial charge in [-0.2, -0.15) is 4.31 Å². The molecule has 3 aromatic rings. The van der Waals surface area contributed by atoms with Crippen LogP contribution in [0.15, 0.2) is 67.1 Å². The zero-order chi connectivity index (χ0) is 25.8. The van der Waals surface area contributed by atoms with E-state index in [1.165, 1.54) is 16.7 Å². The number of piperazine rings is 1. The van der Waals surface area contributed by atoms with Crippen molar-refractivity contribution in [1.82, 2.24) is 30.2 Å². The lowest BCUT2D eigenvalue weighted by molar-refractivity contribution is 0.246. The molecule has 0 saturated carbocycles. The average molecular weight is 543 g/mol. The van der Waals surface area contributed by atoms with E-state index in [2.05, 4.69) is 25.9 Å². The van der Waals surface area contributed by atoms with Crippen LogP contribution in [0.2, 0.25) is 5.02 Å². The number of benzene rings is 2. The van der Waals surface area contributed by atoms with Crippen molar-refractivity contribution < 1.29 is 17.9 Å². The quantitative estimate of drug-likeness (QED) is 0.399. The lowest BCUT2D eigenvalue weighted by atomic mass is 9.95. The van der Waals surface area contributed by atoms with Gasteiger partial charge in [0.1, 0.15) is 11.0 Å². The minimum absolute atomic E-state index is 0.134. The Morgan fingerprint density at radius 3 is 2.65 bits per heavy atom. The zero-order valence-electron chi connectivity index (χ0n) is 19.9. The van der Waals surface area contributed by atoms with Crippen molar-refractivity contribution in [3.05, 3.63) is 83.3 Å². The molecule has 2 saturated heterocycles. The number of hydrogen-bond acceptors (Lipinski definition) is 7. The number of amides is 2. The van der Waals surface area contributed by atoms with E-state index in [0.29, 0.717) is 48.4 Å². The Kier molecular flexibility index (Phi) is 7.56. The zero-order valence-corrected chi connectivity index (χ0v) is 21.5. The Labute approximate surface area is 220 Å². The number of rotatable bonds is 8. The van der Waals surface area contributed by atoms with Gasteiger partial charge in [-0.05, 0) is 35.7 Å². The number of aromatic nitrogens is 2. The molecular formula is C25H27ClN6O4S. The van der Waals surface area contributed by atoms with Crippen LogP contribution in [0, 0.1) is 0 Å². The van der Waals surface area contributed by atoms with Gasteiger partial charge >= 0.3 is 6.03 Å². The molecular weight excluding hydrogens is 516 g/mol. The van der Waals surface area contributed by atoms with Crippen molar-refractivity contribution >= 4 is 27.7 Å². The van der Waals surface area contributed by atoms with Gasteiger partial charge in [-0.3, -0.25) is 4.98 Å². The molecule has 10 nitrogen and oxygen atoms in total. The van der Waals surface area contributed by atoms with Crippen LogP contribution >= 0.6 is 11.6 Å². The first-order valence-electron chi connectivity index (χ1n) is 12.0. The molecule has 2 fully saturated rings. The summed E-state index contributed by atoms with van der Waals surface area (Å²) >= 11 is 6.50. The van der Waals surface area contributed by atoms with Gasteiger partial charge in [-0.1, -0.05) is 41.9 Å². The molecule has 2 aliphatic rings. The highest BCUT2D eigenvalue weighted by molar-refractivity contribution is 7.89. The molecule has 194 valence electrons. The van der Waals surface area contributed by atoms with Crippen molar-refractivity contribution in [2.75, 3.05) is 26.2 Å². The summed E-state index contributed by atoms with van der Waals surface area (Å²) in [4.78, 5) is 20.6. The van der Waals surface area contributed by atoms with E-state index in [4.69, 9.17) is 16.3 Å². The number of sulfonamides is 1. The summed E-state index contributed by atoms with van der Waals surface area (Å²) in [7, 11) is -3.77. The van der Waals surface area contributed by atoms with Crippen LogP contribution in [-0.2, 0) is 10.0 Å². The smallest absolute Gasteiger partial charge is 0.315 e. The van der Waals surface area contributed by atoms with E-state index >= 15 is 0 Å². The van der Waals surface area contributed by atoms with Crippen LogP contribution in [0.1, 0.15) is 28.8 Å². The maximum atomic E-state index is 13.9. The Hall–Kier alpha value is -3.25. The van der Waals surface area contributed by atoms with E-state index in [1.807, 2.05) is 12.1 Å². The highest BCUT2D eigenvalue weighted by Crippen LogP contribution is 2.38. The first kappa shape index (κ1) is 25.4. The minimum Gasteiger partial charge on any atom is -0.437 e. The van der Waals surface area contributed by atoms with Crippen molar-refractivity contribution in [2.24, 2.45) is 0 Å². The van der Waals surface area contributed by atoms with E-state index in [1.54, 1.807) is 42.6 Å². The molecule has 3 unspecified atom stereocenters. The molecule has 2 amide bonds. The average Bonchev–Trinajstić information content (AvgIpc) is 3.29. The van der Waals surface area contributed by atoms with Crippen molar-refractivity contribution in [3.8, 4) is 11.6 Å². The van der Waals surface area contributed by atoms with E-state index in [0.717, 1.165) is 5.56 Å². The summed E-state index contributed by atoms with van der Waals surface area (Å²) < 4.78 is 35.1. The Bertz CT molecular complexity index is 1350. The third-order valence-corrected chi connectivity index (χ3v) is 9.09. The highest BCUT2D eigenvalue weighted by Gasteiger charge is 2.41. The summed E-state index contributed by atoms with van der Waals surface area (Å²) in [6, 6.07) is 12.9. The number of nitrogens with one attached hydrogen (secondary N) is 3. The molecule has 5 rings (SSSR count). The van der Waals surface area contributed by atoms with Crippen molar-refractivity contribution in [1.29, 1.82) is 0 Å². The second kappa shape index (κ2) is 11.0. The Morgan fingerprint density at radius 1 is 1.08 bits per heavy atom. The standard InChI is InChI=1S/C25H27ClN6O4S/c26-20-7-2-1-6-19(20)22(37(34,35)32-12-10-27-11-13-32)15-21-24(31-25(33)30-21)17-4-3-5-18(14-17)36-23-16-28-8-9-29-23/h1-9,14,16,21-22,24,27H,10-13,15H2,(H2,30,31,33). The summed E-state index contributed by atoms with van der Waals surface area (Å²) in [6.07, 6.45) is 4.72. The van der Waals surface area contributed by atoms with Crippen LogP contribution in [0.25, 0.3) is 0 Å². The molecule has 2 aliphatic heterocycles. The monoisotopic (exact) mass is 542 g/mol. The largest absolute Gasteiger partial charge is 0.437 e. The second-order valence-corrected chi connectivity index (χ2v) is 11.4. The fourth-order valence-electron chi connectivity index (χ4n) is 4.73. The van der Waals surface area contributed by atoms with Crippen LogP contribution in [0.4, 0.5) is 4.79 Å². The first-order chi connectivity index (χ1) is 17.9. The Balaban J connectivity index is 1.45. The summed E-state index contributed by atoms with van der Waals surface area (Å²) in [5.41, 5.74) is 1.28. The molecule has 3 heterocycles. The molecule has 0 spiro atoms. The fourth-order valence-corrected chi connectivity index (χ4v) is 7.09. The lowest BCUT2D eigenvalue weighted by Crippen LogP contribution is -2.48. The maximum Gasteiger partial charge on any atom is 0.315 e. The van der Waals surface area contributed by atoms with Gasteiger partial charge in [0.15, 0.2) is 0 Å². The molecule has 3 N–H and O–H groups in total. The number of carbonyl (C=O) groups excluding carboxylic acids is 1. The summed E-state index contributed by atoms with van der Waals surface area (Å²) in [5.74, 6) is 0.861. The van der Waals surface area contributed by atoms with Crippen LogP contribution in [0.5, 0.6) is 11.6 Å². The highest BCUT2D eigenvalue weighted by atomic mass is 35.5. The number of nitrogens with zero attached hydrogens (tertiary/aromatic N) is 3. The molecule has 0 radical (unpaired) electrons. The predicted molar refractivity (Wildman–Crippen MR) is 139 cm³/mol. The van der Waals surface area contributed by atoms with E-state index < -0.39 is 27.4 Å². The third-order valence-electron chi connectivity index (χ3n) is 6.50.